The van der Waals surface area contributed by atoms with Crippen LogP contribution in [0.2, 0.25) is 0 Å². The van der Waals surface area contributed by atoms with Gasteiger partial charge in [0.05, 0.1) is 5.41 Å². The van der Waals surface area contributed by atoms with E-state index in [2.05, 4.69) is 5.92 Å². The van der Waals surface area contributed by atoms with Crippen molar-refractivity contribution in [3.05, 3.63) is 0 Å². The van der Waals surface area contributed by atoms with Gasteiger partial charge in [-0.3, -0.25) is 4.79 Å². The average Bonchev–Trinajstić information content (AvgIpc) is 2.63. The van der Waals surface area contributed by atoms with Gasteiger partial charge in [0.25, 0.3) is 0 Å². The van der Waals surface area contributed by atoms with E-state index in [1.54, 1.807) is 20.8 Å². The van der Waals surface area contributed by atoms with Crippen LogP contribution < -0.4 is 0 Å². The third kappa shape index (κ3) is 10.0. The summed E-state index contributed by atoms with van der Waals surface area (Å²) in [6.07, 6.45) is 1.19. The van der Waals surface area contributed by atoms with Gasteiger partial charge in [0.2, 0.25) is 0 Å². The summed E-state index contributed by atoms with van der Waals surface area (Å²) in [6, 6.07) is 0. The predicted molar refractivity (Wildman–Crippen MR) is 95.5 cm³/mol. The minimum atomic E-state index is -1.33. The molecule has 0 aromatic rings. The Bertz CT molecular complexity index is 441. The molecule has 0 aromatic heterocycles. The number of methoxy groups -OCH3 is 3. The molecule has 0 rings (SSSR count). The van der Waals surface area contributed by atoms with Gasteiger partial charge in [-0.25, -0.2) is 0 Å². The van der Waals surface area contributed by atoms with Crippen LogP contribution in [-0.2, 0) is 38.0 Å². The second-order valence-electron chi connectivity index (χ2n) is 6.65. The second-order valence-corrected chi connectivity index (χ2v) is 6.65. The molecule has 158 valence electrons. The lowest BCUT2D eigenvalue weighted by Crippen LogP contribution is -2.51. The molecule has 4 atom stereocenters. The maximum Gasteiger partial charge on any atom is 0.311 e. The lowest BCUT2D eigenvalue weighted by atomic mass is 9.97. The van der Waals surface area contributed by atoms with Crippen LogP contribution in [0.1, 0.15) is 20.8 Å². The van der Waals surface area contributed by atoms with Crippen molar-refractivity contribution in [3.63, 3.8) is 0 Å². The van der Waals surface area contributed by atoms with Crippen molar-refractivity contribution >= 4 is 5.97 Å². The molecule has 0 fully saturated rings. The molecule has 0 bridgehead atoms. The number of hydrogen-bond acceptors (Lipinski definition) is 9. The number of esters is 1. The van der Waals surface area contributed by atoms with Gasteiger partial charge in [0, 0.05) is 21.3 Å². The van der Waals surface area contributed by atoms with Crippen LogP contribution in [0, 0.1) is 17.8 Å². The molecule has 9 heteroatoms. The standard InChI is InChI=1S/C18H32O9/c1-8-13(19)15(26-11-22-6)16(27-12-23-7)14(25-10-21-5)9-24-17(20)18(2,3)4/h1,13-16,19H,9-12H2,2-7H3/t13?,14-,15+,16-/m1/s1. The summed E-state index contributed by atoms with van der Waals surface area (Å²) in [5.74, 6) is 1.77. The number of carbonyl (C=O) groups is 1. The molecular formula is C18H32O9. The maximum atomic E-state index is 12.1. The highest BCUT2D eigenvalue weighted by Crippen LogP contribution is 2.20. The predicted octanol–water partition coefficient (Wildman–Crippen LogP) is 0.537. The molecule has 1 unspecified atom stereocenters. The SMILES string of the molecule is C#CC(O)[C@H](OCOC)[C@H](OCOC)[C@@H](COC(=O)C(C)(C)C)OCOC. The first-order valence-corrected chi connectivity index (χ1v) is 8.35. The maximum absolute atomic E-state index is 12.1. The van der Waals surface area contributed by atoms with Gasteiger partial charge in [0.1, 0.15) is 51.4 Å². The smallest absolute Gasteiger partial charge is 0.311 e. The van der Waals surface area contributed by atoms with Crippen molar-refractivity contribution in [3.8, 4) is 12.3 Å². The number of carbonyl (C=O) groups excluding carboxylic acids is 1. The van der Waals surface area contributed by atoms with Crippen LogP contribution in [0.15, 0.2) is 0 Å². The topological polar surface area (TPSA) is 102 Å². The quantitative estimate of drug-likeness (QED) is 0.258. The fourth-order valence-corrected chi connectivity index (χ4v) is 1.93. The van der Waals surface area contributed by atoms with Gasteiger partial charge in [-0.15, -0.1) is 6.42 Å². The first-order valence-electron chi connectivity index (χ1n) is 8.35. The Morgan fingerprint density at radius 3 is 1.89 bits per heavy atom. The van der Waals surface area contributed by atoms with Crippen molar-refractivity contribution in [2.45, 2.75) is 45.2 Å². The Hall–Kier alpha value is -1.25. The largest absolute Gasteiger partial charge is 0.462 e. The van der Waals surface area contributed by atoms with E-state index in [9.17, 15) is 9.90 Å². The van der Waals surface area contributed by atoms with Crippen LogP contribution in [0.3, 0.4) is 0 Å². The first-order chi connectivity index (χ1) is 12.7. The first kappa shape index (κ1) is 25.8. The van der Waals surface area contributed by atoms with Gasteiger partial charge in [-0.1, -0.05) is 5.92 Å². The Balaban J connectivity index is 5.47. The highest BCUT2D eigenvalue weighted by atomic mass is 16.7. The monoisotopic (exact) mass is 392 g/mol. The molecule has 0 aliphatic carbocycles. The molecule has 9 nitrogen and oxygen atoms in total. The van der Waals surface area contributed by atoms with E-state index in [0.29, 0.717) is 0 Å². The summed E-state index contributed by atoms with van der Waals surface area (Å²) >= 11 is 0. The summed E-state index contributed by atoms with van der Waals surface area (Å²) in [7, 11) is 4.30. The zero-order chi connectivity index (χ0) is 20.9. The van der Waals surface area contributed by atoms with Gasteiger partial charge in [-0.05, 0) is 20.8 Å². The number of aliphatic hydroxyl groups is 1. The van der Waals surface area contributed by atoms with Crippen LogP contribution in [-0.4, -0.2) is 83.8 Å². The lowest BCUT2D eigenvalue weighted by molar-refractivity contribution is -0.228. The van der Waals surface area contributed by atoms with E-state index >= 15 is 0 Å². The molecule has 0 radical (unpaired) electrons. The fraction of sp³-hybridized carbons (Fsp3) is 0.833. The molecule has 0 aliphatic rings. The zero-order valence-corrected chi connectivity index (χ0v) is 16.9. The fourth-order valence-electron chi connectivity index (χ4n) is 1.93. The molecule has 0 spiro atoms. The van der Waals surface area contributed by atoms with Gasteiger partial charge >= 0.3 is 5.97 Å². The molecule has 0 saturated heterocycles. The second kappa shape index (κ2) is 13.8. The molecule has 0 aromatic carbocycles. The van der Waals surface area contributed by atoms with Crippen molar-refractivity contribution in [1.29, 1.82) is 0 Å². The molecule has 1 N–H and O–H groups in total. The summed E-state index contributed by atoms with van der Waals surface area (Å²) in [6.45, 7) is 4.64. The molecule has 27 heavy (non-hydrogen) atoms. The third-order valence-corrected chi connectivity index (χ3v) is 3.32. The summed E-state index contributed by atoms with van der Waals surface area (Å²) in [5, 5.41) is 10.2. The minimum absolute atomic E-state index is 0.103. The van der Waals surface area contributed by atoms with Crippen LogP contribution in [0.4, 0.5) is 0 Å². The van der Waals surface area contributed by atoms with Gasteiger partial charge in [-0.2, -0.15) is 0 Å². The van der Waals surface area contributed by atoms with E-state index in [1.807, 2.05) is 0 Å². The molecule has 0 saturated carbocycles. The average molecular weight is 392 g/mol. The third-order valence-electron chi connectivity index (χ3n) is 3.32. The van der Waals surface area contributed by atoms with E-state index in [-0.39, 0.29) is 27.0 Å². The normalized spacial score (nSPS) is 16.2. The van der Waals surface area contributed by atoms with Crippen molar-refractivity contribution in [1.82, 2.24) is 0 Å². The number of rotatable bonds is 14. The molecular weight excluding hydrogens is 360 g/mol. The van der Waals surface area contributed by atoms with E-state index in [1.165, 1.54) is 21.3 Å². The van der Waals surface area contributed by atoms with Gasteiger partial charge < -0.3 is 38.3 Å². The van der Waals surface area contributed by atoms with Gasteiger partial charge in [0.15, 0.2) is 0 Å². The number of hydrogen-bond donors (Lipinski definition) is 1. The van der Waals surface area contributed by atoms with E-state index in [0.717, 1.165) is 0 Å². The number of aliphatic hydroxyl groups excluding tert-OH is 1. The minimum Gasteiger partial charge on any atom is -0.462 e. The lowest BCUT2D eigenvalue weighted by Gasteiger charge is -2.34. The highest BCUT2D eigenvalue weighted by Gasteiger charge is 2.38. The van der Waals surface area contributed by atoms with Crippen LogP contribution in [0.5, 0.6) is 0 Å². The van der Waals surface area contributed by atoms with Crippen LogP contribution >= 0.6 is 0 Å². The van der Waals surface area contributed by atoms with Crippen LogP contribution in [0.25, 0.3) is 0 Å². The highest BCUT2D eigenvalue weighted by molar-refractivity contribution is 5.75. The summed E-state index contributed by atoms with van der Waals surface area (Å²) < 4.78 is 36.8. The van der Waals surface area contributed by atoms with E-state index < -0.39 is 35.8 Å². The van der Waals surface area contributed by atoms with Crippen molar-refractivity contribution in [2.75, 3.05) is 48.3 Å². The van der Waals surface area contributed by atoms with Crippen molar-refractivity contribution < 1.29 is 43.1 Å². The Kier molecular flexibility index (Phi) is 13.2. The molecule has 0 aliphatic heterocycles. The Morgan fingerprint density at radius 2 is 1.44 bits per heavy atom. The Labute approximate surface area is 161 Å². The zero-order valence-electron chi connectivity index (χ0n) is 16.9. The summed E-state index contributed by atoms with van der Waals surface area (Å²) in [5.41, 5.74) is -0.695. The van der Waals surface area contributed by atoms with Crippen molar-refractivity contribution in [2.24, 2.45) is 5.41 Å². The Morgan fingerprint density at radius 1 is 0.963 bits per heavy atom. The number of terminal acetylenes is 1. The summed E-state index contributed by atoms with van der Waals surface area (Å²) in [4.78, 5) is 12.1. The molecule has 0 amide bonds. The van der Waals surface area contributed by atoms with E-state index in [4.69, 9.17) is 39.6 Å². The molecule has 0 heterocycles. The number of ether oxygens (including phenoxy) is 7.